The van der Waals surface area contributed by atoms with Gasteiger partial charge in [-0.3, -0.25) is 4.98 Å². The molecular formula is C35H25F6N3S. The zero-order valence-electron chi connectivity index (χ0n) is 24.1. The van der Waals surface area contributed by atoms with Crippen LogP contribution in [0, 0.1) is 18.6 Å². The summed E-state index contributed by atoms with van der Waals surface area (Å²) in [4.78, 5) is 4.64. The number of fused-ring (bicyclic) bond motifs is 1. The Labute approximate surface area is 259 Å². The number of rotatable bonds is 8. The second-order valence-electron chi connectivity index (χ2n) is 10.8. The van der Waals surface area contributed by atoms with Gasteiger partial charge in [-0.05, 0) is 41.3 Å². The van der Waals surface area contributed by atoms with Crippen molar-refractivity contribution in [2.24, 2.45) is 0 Å². The molecule has 6 aromatic rings. The van der Waals surface area contributed by atoms with Gasteiger partial charge >= 0.3 is 11.8 Å². The molecule has 0 N–H and O–H groups in total. The number of hydrogen-bond donors (Lipinski definition) is 0. The number of aryl methyl sites for hydroxylation is 1. The summed E-state index contributed by atoms with van der Waals surface area (Å²) >= 11 is 1.03. The molecule has 0 saturated carbocycles. The third kappa shape index (κ3) is 5.59. The van der Waals surface area contributed by atoms with E-state index < -0.39 is 29.6 Å². The smallest absolute Gasteiger partial charge is 0.253 e. The van der Waals surface area contributed by atoms with E-state index in [1.165, 1.54) is 13.0 Å². The molecule has 3 nitrogen and oxygen atoms in total. The van der Waals surface area contributed by atoms with Crippen molar-refractivity contribution in [2.45, 2.75) is 38.5 Å². The maximum absolute atomic E-state index is 15.0. The topological polar surface area (TPSA) is 38.7 Å². The Balaban J connectivity index is 1.28. The van der Waals surface area contributed by atoms with Gasteiger partial charge in [0.2, 0.25) is 0 Å². The minimum atomic E-state index is -4.50. The van der Waals surface area contributed by atoms with Gasteiger partial charge in [-0.25, -0.2) is 8.78 Å². The zero-order chi connectivity index (χ0) is 31.9. The Morgan fingerprint density at radius 3 is 1.76 bits per heavy atom. The van der Waals surface area contributed by atoms with Crippen LogP contribution >= 0.6 is 11.7 Å². The monoisotopic (exact) mass is 633 g/mol. The van der Waals surface area contributed by atoms with Crippen LogP contribution < -0.4 is 0 Å². The zero-order valence-corrected chi connectivity index (χ0v) is 24.9. The summed E-state index contributed by atoms with van der Waals surface area (Å²) in [5.74, 6) is -10.1. The molecule has 4 aromatic carbocycles. The summed E-state index contributed by atoms with van der Waals surface area (Å²) in [7, 11) is 0. The van der Waals surface area contributed by atoms with Crippen LogP contribution in [-0.4, -0.2) is 19.7 Å². The minimum absolute atomic E-state index is 0.00217. The Kier molecular flexibility index (Phi) is 7.95. The molecule has 228 valence electrons. The third-order valence-electron chi connectivity index (χ3n) is 7.75. The van der Waals surface area contributed by atoms with Crippen molar-refractivity contribution < 1.29 is 26.3 Å². The van der Waals surface area contributed by atoms with Crippen molar-refractivity contribution in [3.05, 3.63) is 114 Å². The van der Waals surface area contributed by atoms with E-state index in [2.05, 4.69) is 13.7 Å². The highest BCUT2D eigenvalue weighted by Crippen LogP contribution is 2.46. The van der Waals surface area contributed by atoms with Crippen LogP contribution in [0.2, 0.25) is 0 Å². The first kappa shape index (κ1) is 30.5. The van der Waals surface area contributed by atoms with Gasteiger partial charge in [-0.2, -0.15) is 26.3 Å². The van der Waals surface area contributed by atoms with E-state index in [4.69, 9.17) is 0 Å². The summed E-state index contributed by atoms with van der Waals surface area (Å²) in [6, 6.07) is 21.5. The Bertz CT molecular complexity index is 2000. The fraction of sp³-hybridized carbons (Fsp3) is 0.171. The molecule has 0 amide bonds. The maximum Gasteiger partial charge on any atom is 0.335 e. The van der Waals surface area contributed by atoms with Crippen LogP contribution in [-0.2, 0) is 5.92 Å². The Morgan fingerprint density at radius 2 is 1.18 bits per heavy atom. The van der Waals surface area contributed by atoms with Gasteiger partial charge in [-0.1, -0.05) is 86.1 Å². The summed E-state index contributed by atoms with van der Waals surface area (Å²) in [5, 5.41) is 0. The lowest BCUT2D eigenvalue weighted by Crippen LogP contribution is -2.37. The first-order chi connectivity index (χ1) is 21.5. The normalized spacial score (nSPS) is 12.2. The number of benzene rings is 4. The van der Waals surface area contributed by atoms with Gasteiger partial charge in [0.1, 0.15) is 22.7 Å². The molecule has 2 heterocycles. The SMILES string of the molecule is CCCC(F)(F)C(F)(F)c1ccc(-c2ccc(-c3ncc(-c4ccc(-c5ccc(C)cc5F)cc4)c4nsnc34)cc2)c(F)c1. The Morgan fingerprint density at radius 1 is 0.644 bits per heavy atom. The van der Waals surface area contributed by atoms with Gasteiger partial charge in [0, 0.05) is 40.4 Å². The minimum Gasteiger partial charge on any atom is -0.253 e. The number of alkyl halides is 4. The highest BCUT2D eigenvalue weighted by Gasteiger charge is 2.56. The van der Waals surface area contributed by atoms with Crippen LogP contribution in [0.5, 0.6) is 0 Å². The molecule has 2 aromatic heterocycles. The van der Waals surface area contributed by atoms with Gasteiger partial charge in [0.15, 0.2) is 0 Å². The molecule has 0 radical (unpaired) electrons. The molecule has 0 unspecified atom stereocenters. The lowest BCUT2D eigenvalue weighted by atomic mass is 9.95. The first-order valence-corrected chi connectivity index (χ1v) is 14.9. The predicted octanol–water partition coefficient (Wildman–Crippen LogP) is 10.9. The van der Waals surface area contributed by atoms with E-state index in [0.717, 1.165) is 46.1 Å². The quantitative estimate of drug-likeness (QED) is 0.157. The second-order valence-corrected chi connectivity index (χ2v) is 11.4. The number of pyridine rings is 1. The molecule has 0 fully saturated rings. The predicted molar refractivity (Wildman–Crippen MR) is 165 cm³/mol. The van der Waals surface area contributed by atoms with Crippen molar-refractivity contribution in [3.63, 3.8) is 0 Å². The second kappa shape index (κ2) is 11.7. The van der Waals surface area contributed by atoms with Gasteiger partial charge < -0.3 is 0 Å². The fourth-order valence-corrected chi connectivity index (χ4v) is 5.87. The van der Waals surface area contributed by atoms with E-state index in [-0.39, 0.29) is 17.8 Å². The molecule has 6 rings (SSSR count). The first-order valence-electron chi connectivity index (χ1n) is 14.1. The summed E-state index contributed by atoms with van der Waals surface area (Å²) in [5.41, 5.74) is 5.36. The van der Waals surface area contributed by atoms with Crippen molar-refractivity contribution in [3.8, 4) is 44.6 Å². The van der Waals surface area contributed by atoms with Crippen LogP contribution in [0.1, 0.15) is 30.9 Å². The summed E-state index contributed by atoms with van der Waals surface area (Å²) < 4.78 is 95.5. The Hall–Kier alpha value is -4.57. The molecule has 0 spiro atoms. The molecule has 0 aliphatic carbocycles. The van der Waals surface area contributed by atoms with Gasteiger partial charge in [0.05, 0.1) is 17.4 Å². The van der Waals surface area contributed by atoms with Crippen molar-refractivity contribution in [2.75, 3.05) is 0 Å². The van der Waals surface area contributed by atoms with Crippen LogP contribution in [0.4, 0.5) is 26.3 Å². The molecule has 10 heteroatoms. The van der Waals surface area contributed by atoms with Crippen molar-refractivity contribution >= 4 is 22.8 Å². The maximum atomic E-state index is 15.0. The largest absolute Gasteiger partial charge is 0.335 e. The van der Waals surface area contributed by atoms with Crippen LogP contribution in [0.25, 0.3) is 55.7 Å². The number of hydrogen-bond acceptors (Lipinski definition) is 4. The lowest BCUT2D eigenvalue weighted by molar-refractivity contribution is -0.219. The third-order valence-corrected chi connectivity index (χ3v) is 8.27. The summed E-state index contributed by atoms with van der Waals surface area (Å²) in [6.07, 6.45) is 0.533. The van der Waals surface area contributed by atoms with E-state index in [0.29, 0.717) is 39.5 Å². The van der Waals surface area contributed by atoms with Gasteiger partial charge in [0.25, 0.3) is 0 Å². The average Bonchev–Trinajstić information content (AvgIpc) is 3.51. The van der Waals surface area contributed by atoms with Gasteiger partial charge in [-0.15, -0.1) is 0 Å². The van der Waals surface area contributed by atoms with E-state index in [1.54, 1.807) is 36.5 Å². The van der Waals surface area contributed by atoms with Crippen LogP contribution in [0.3, 0.4) is 0 Å². The highest BCUT2D eigenvalue weighted by molar-refractivity contribution is 7.00. The highest BCUT2D eigenvalue weighted by atomic mass is 32.1. The van der Waals surface area contributed by atoms with E-state index >= 15 is 0 Å². The molecular weight excluding hydrogens is 608 g/mol. The van der Waals surface area contributed by atoms with E-state index in [9.17, 15) is 26.3 Å². The number of halogens is 6. The van der Waals surface area contributed by atoms with E-state index in [1.807, 2.05) is 37.3 Å². The summed E-state index contributed by atoms with van der Waals surface area (Å²) in [6.45, 7) is 3.22. The molecule has 45 heavy (non-hydrogen) atoms. The lowest BCUT2D eigenvalue weighted by Gasteiger charge is -2.26. The average molecular weight is 634 g/mol. The molecule has 0 bridgehead atoms. The standard InChI is InChI=1S/C35H25F6N3S/c1-3-16-34(38,39)35(40,41)25-13-15-27(30(37)18-25)22-9-11-24(12-10-22)31-33-32(43-45-44-33)28(19-42-31)23-7-5-21(6-8-23)26-14-4-20(2)17-29(26)36/h4-15,17-19H,3,16H2,1-2H3. The molecule has 0 aliphatic heterocycles. The number of nitrogens with zero attached hydrogens (tertiary/aromatic N) is 3. The molecule has 0 aliphatic rings. The van der Waals surface area contributed by atoms with Crippen LogP contribution in [0.15, 0.2) is 91.1 Å². The molecule has 0 atom stereocenters. The van der Waals surface area contributed by atoms with Crippen molar-refractivity contribution in [1.29, 1.82) is 0 Å². The van der Waals surface area contributed by atoms with Crippen molar-refractivity contribution in [1.82, 2.24) is 13.7 Å². The molecule has 0 saturated heterocycles. The number of aromatic nitrogens is 3. The fourth-order valence-electron chi connectivity index (χ4n) is 5.31.